The zero-order valence-electron chi connectivity index (χ0n) is 8.64. The van der Waals surface area contributed by atoms with Crippen molar-refractivity contribution >= 4 is 5.84 Å². The molecule has 80 valence electrons. The summed E-state index contributed by atoms with van der Waals surface area (Å²) in [7, 11) is 0. The van der Waals surface area contributed by atoms with E-state index in [0.29, 0.717) is 19.0 Å². The van der Waals surface area contributed by atoms with Gasteiger partial charge in [-0.2, -0.15) is 0 Å². The van der Waals surface area contributed by atoms with E-state index in [-0.39, 0.29) is 6.10 Å². The number of nitrogens with two attached hydrogens (primary N) is 1. The number of ether oxygens (including phenoxy) is 2. The van der Waals surface area contributed by atoms with Gasteiger partial charge in [-0.05, 0) is 19.1 Å². The minimum Gasteiger partial charge on any atom is -0.485 e. The molecular weight excluding hydrogens is 192 g/mol. The fraction of sp³-hybridized carbons (Fsp3) is 0.364. The summed E-state index contributed by atoms with van der Waals surface area (Å²) in [6.45, 7) is 3.02. The minimum absolute atomic E-state index is 0.264. The number of para-hydroxylation sites is 2. The van der Waals surface area contributed by atoms with Gasteiger partial charge < -0.3 is 15.2 Å². The van der Waals surface area contributed by atoms with Gasteiger partial charge in [-0.1, -0.05) is 12.1 Å². The molecule has 15 heavy (non-hydrogen) atoms. The molecule has 0 radical (unpaired) electrons. The Labute approximate surface area is 88.7 Å². The SMILES string of the molecule is CCN=C(N)C1COc2ccccc2O1. The molecule has 1 aromatic rings. The highest BCUT2D eigenvalue weighted by atomic mass is 16.6. The van der Waals surface area contributed by atoms with Gasteiger partial charge in [-0.3, -0.25) is 4.99 Å². The Morgan fingerprint density at radius 2 is 2.20 bits per heavy atom. The van der Waals surface area contributed by atoms with Crippen LogP contribution >= 0.6 is 0 Å². The van der Waals surface area contributed by atoms with E-state index in [0.717, 1.165) is 11.5 Å². The van der Waals surface area contributed by atoms with E-state index in [2.05, 4.69) is 4.99 Å². The van der Waals surface area contributed by atoms with E-state index in [1.807, 2.05) is 31.2 Å². The average molecular weight is 206 g/mol. The summed E-state index contributed by atoms with van der Waals surface area (Å²) in [6, 6.07) is 7.54. The van der Waals surface area contributed by atoms with Gasteiger partial charge in [0.2, 0.25) is 0 Å². The summed E-state index contributed by atoms with van der Waals surface area (Å²) < 4.78 is 11.2. The lowest BCUT2D eigenvalue weighted by atomic mass is 10.2. The maximum Gasteiger partial charge on any atom is 0.189 e. The standard InChI is InChI=1S/C11H14N2O2/c1-2-13-11(12)10-7-14-8-5-3-4-6-9(8)15-10/h3-6,10H,2,7H2,1H3,(H2,12,13). The van der Waals surface area contributed by atoms with Crippen molar-refractivity contribution in [3.8, 4) is 11.5 Å². The Morgan fingerprint density at radius 1 is 1.47 bits per heavy atom. The number of benzene rings is 1. The van der Waals surface area contributed by atoms with Crippen LogP contribution in [0.25, 0.3) is 0 Å². The maximum absolute atomic E-state index is 5.76. The van der Waals surface area contributed by atoms with Crippen LogP contribution in [0.1, 0.15) is 6.92 Å². The van der Waals surface area contributed by atoms with Gasteiger partial charge in [0.25, 0.3) is 0 Å². The lowest BCUT2D eigenvalue weighted by molar-refractivity contribution is 0.134. The van der Waals surface area contributed by atoms with Crippen molar-refractivity contribution < 1.29 is 9.47 Å². The van der Waals surface area contributed by atoms with Crippen molar-refractivity contribution in [1.29, 1.82) is 0 Å². The van der Waals surface area contributed by atoms with E-state index in [4.69, 9.17) is 15.2 Å². The molecule has 1 aliphatic heterocycles. The molecule has 0 saturated carbocycles. The van der Waals surface area contributed by atoms with Crippen molar-refractivity contribution in [3.05, 3.63) is 24.3 Å². The molecular formula is C11H14N2O2. The molecule has 0 spiro atoms. The zero-order valence-corrected chi connectivity index (χ0v) is 8.64. The van der Waals surface area contributed by atoms with Gasteiger partial charge in [0.1, 0.15) is 12.4 Å². The van der Waals surface area contributed by atoms with Gasteiger partial charge >= 0.3 is 0 Å². The number of rotatable bonds is 2. The number of amidine groups is 1. The molecule has 0 aliphatic carbocycles. The van der Waals surface area contributed by atoms with Gasteiger partial charge in [0, 0.05) is 6.54 Å². The average Bonchev–Trinajstić information content (AvgIpc) is 2.29. The number of fused-ring (bicyclic) bond motifs is 1. The van der Waals surface area contributed by atoms with Gasteiger partial charge in [0.05, 0.1) is 0 Å². The molecule has 1 atom stereocenters. The van der Waals surface area contributed by atoms with Crippen LogP contribution in [0.4, 0.5) is 0 Å². The van der Waals surface area contributed by atoms with Crippen LogP contribution in [-0.2, 0) is 0 Å². The third kappa shape index (κ3) is 2.03. The largest absolute Gasteiger partial charge is 0.485 e. The van der Waals surface area contributed by atoms with Crippen LogP contribution in [0.2, 0.25) is 0 Å². The molecule has 1 aliphatic rings. The second kappa shape index (κ2) is 4.21. The van der Waals surface area contributed by atoms with Gasteiger partial charge in [0.15, 0.2) is 17.6 Å². The first-order valence-electron chi connectivity index (χ1n) is 4.99. The van der Waals surface area contributed by atoms with Crippen LogP contribution in [0.15, 0.2) is 29.3 Å². The fourth-order valence-electron chi connectivity index (χ4n) is 1.45. The smallest absolute Gasteiger partial charge is 0.189 e. The van der Waals surface area contributed by atoms with Crippen molar-refractivity contribution in [2.45, 2.75) is 13.0 Å². The van der Waals surface area contributed by atoms with E-state index >= 15 is 0 Å². The first-order chi connectivity index (χ1) is 7.31. The van der Waals surface area contributed by atoms with E-state index < -0.39 is 0 Å². The highest BCUT2D eigenvalue weighted by Gasteiger charge is 2.23. The molecule has 0 amide bonds. The molecule has 0 fully saturated rings. The Kier molecular flexibility index (Phi) is 2.76. The van der Waals surface area contributed by atoms with E-state index in [9.17, 15) is 0 Å². The fourth-order valence-corrected chi connectivity index (χ4v) is 1.45. The number of aliphatic imine (C=N–C) groups is 1. The zero-order chi connectivity index (χ0) is 10.7. The Hall–Kier alpha value is -1.71. The first kappa shape index (κ1) is 9.83. The highest BCUT2D eigenvalue weighted by Crippen LogP contribution is 2.30. The molecule has 1 unspecified atom stereocenters. The second-order valence-electron chi connectivity index (χ2n) is 3.26. The van der Waals surface area contributed by atoms with Crippen LogP contribution in [0.3, 0.4) is 0 Å². The van der Waals surface area contributed by atoms with Crippen molar-refractivity contribution in [1.82, 2.24) is 0 Å². The number of nitrogens with zero attached hydrogens (tertiary/aromatic N) is 1. The van der Waals surface area contributed by atoms with Crippen molar-refractivity contribution in [2.75, 3.05) is 13.2 Å². The summed E-state index contributed by atoms with van der Waals surface area (Å²) in [5.41, 5.74) is 5.76. The van der Waals surface area contributed by atoms with Crippen LogP contribution in [-0.4, -0.2) is 25.1 Å². The molecule has 2 N–H and O–H groups in total. The van der Waals surface area contributed by atoms with Crippen LogP contribution in [0, 0.1) is 0 Å². The molecule has 0 bridgehead atoms. The quantitative estimate of drug-likeness (QED) is 0.584. The highest BCUT2D eigenvalue weighted by molar-refractivity contribution is 5.85. The van der Waals surface area contributed by atoms with Crippen LogP contribution in [0.5, 0.6) is 11.5 Å². The summed E-state index contributed by atoms with van der Waals surface area (Å²) >= 11 is 0. The predicted molar refractivity (Wildman–Crippen MR) is 58.5 cm³/mol. The Bertz CT molecular complexity index is 377. The Balaban J connectivity index is 2.15. The maximum atomic E-state index is 5.76. The monoisotopic (exact) mass is 206 g/mol. The molecule has 4 heteroatoms. The summed E-state index contributed by atoms with van der Waals surface area (Å²) in [5, 5.41) is 0. The predicted octanol–water partition coefficient (Wildman–Crippen LogP) is 1.20. The molecule has 4 nitrogen and oxygen atoms in total. The molecule has 2 rings (SSSR count). The first-order valence-corrected chi connectivity index (χ1v) is 4.99. The third-order valence-electron chi connectivity index (χ3n) is 2.18. The number of hydrogen-bond acceptors (Lipinski definition) is 3. The number of hydrogen-bond donors (Lipinski definition) is 1. The summed E-state index contributed by atoms with van der Waals surface area (Å²) in [6.07, 6.45) is -0.264. The summed E-state index contributed by atoms with van der Waals surface area (Å²) in [4.78, 5) is 4.11. The molecule has 1 heterocycles. The van der Waals surface area contributed by atoms with E-state index in [1.54, 1.807) is 0 Å². The molecule has 0 aromatic heterocycles. The lowest BCUT2D eigenvalue weighted by Crippen LogP contribution is -2.41. The van der Waals surface area contributed by atoms with Crippen molar-refractivity contribution in [2.24, 2.45) is 10.7 Å². The van der Waals surface area contributed by atoms with Gasteiger partial charge in [-0.15, -0.1) is 0 Å². The minimum atomic E-state index is -0.264. The molecule has 0 saturated heterocycles. The normalized spacial score (nSPS) is 20.1. The summed E-state index contributed by atoms with van der Waals surface area (Å²) in [5.74, 6) is 1.98. The Morgan fingerprint density at radius 3 is 2.93 bits per heavy atom. The second-order valence-corrected chi connectivity index (χ2v) is 3.26. The van der Waals surface area contributed by atoms with Crippen molar-refractivity contribution in [3.63, 3.8) is 0 Å². The topological polar surface area (TPSA) is 56.8 Å². The molecule has 1 aromatic carbocycles. The van der Waals surface area contributed by atoms with Crippen LogP contribution < -0.4 is 15.2 Å². The van der Waals surface area contributed by atoms with Gasteiger partial charge in [-0.25, -0.2) is 0 Å². The van der Waals surface area contributed by atoms with E-state index in [1.165, 1.54) is 0 Å². The lowest BCUT2D eigenvalue weighted by Gasteiger charge is -2.25. The third-order valence-corrected chi connectivity index (χ3v) is 2.18.